The summed E-state index contributed by atoms with van der Waals surface area (Å²) in [6.07, 6.45) is 4.53. The Balaban J connectivity index is 1.83. The van der Waals surface area contributed by atoms with Crippen LogP contribution in [0.3, 0.4) is 0 Å². The van der Waals surface area contributed by atoms with Gasteiger partial charge in [0.1, 0.15) is 0 Å². The largest absolute Gasteiger partial charge is 0.377 e. The third-order valence-corrected chi connectivity index (χ3v) is 4.32. The average molecular weight is 277 g/mol. The zero-order valence-electron chi connectivity index (χ0n) is 9.62. The minimum atomic E-state index is 0.271. The summed E-state index contributed by atoms with van der Waals surface area (Å²) in [6, 6.07) is 0. The topological polar surface area (TPSA) is 18.5 Å². The van der Waals surface area contributed by atoms with Crippen molar-refractivity contribution in [1.29, 1.82) is 0 Å². The standard InChI is InChI=1S/C12H21BrO2/c1-8-3-9(2)5-10(4-8)15-12-7-14-6-11(12)13/h8-12H,3-7H2,1-2H3. The van der Waals surface area contributed by atoms with Crippen molar-refractivity contribution in [2.75, 3.05) is 13.2 Å². The molecule has 0 spiro atoms. The molecule has 3 heteroatoms. The van der Waals surface area contributed by atoms with Crippen molar-refractivity contribution in [3.05, 3.63) is 0 Å². The molecule has 0 radical (unpaired) electrons. The van der Waals surface area contributed by atoms with Gasteiger partial charge in [0, 0.05) is 0 Å². The van der Waals surface area contributed by atoms with E-state index in [9.17, 15) is 0 Å². The molecule has 4 unspecified atom stereocenters. The van der Waals surface area contributed by atoms with Gasteiger partial charge < -0.3 is 9.47 Å². The minimum Gasteiger partial charge on any atom is -0.377 e. The maximum Gasteiger partial charge on any atom is 0.0959 e. The summed E-state index contributed by atoms with van der Waals surface area (Å²) in [7, 11) is 0. The quantitative estimate of drug-likeness (QED) is 0.722. The van der Waals surface area contributed by atoms with Crippen LogP contribution in [0.15, 0.2) is 0 Å². The predicted molar refractivity (Wildman–Crippen MR) is 64.4 cm³/mol. The second kappa shape index (κ2) is 5.15. The molecule has 15 heavy (non-hydrogen) atoms. The molecule has 2 rings (SSSR count). The Kier molecular flexibility index (Phi) is 4.08. The van der Waals surface area contributed by atoms with Crippen molar-refractivity contribution in [1.82, 2.24) is 0 Å². The van der Waals surface area contributed by atoms with Crippen LogP contribution in [0.25, 0.3) is 0 Å². The molecule has 88 valence electrons. The Bertz CT molecular complexity index is 200. The summed E-state index contributed by atoms with van der Waals surface area (Å²) in [5, 5.41) is 0. The van der Waals surface area contributed by atoms with Gasteiger partial charge >= 0.3 is 0 Å². The summed E-state index contributed by atoms with van der Waals surface area (Å²) in [6.45, 7) is 6.23. The molecule has 0 aromatic heterocycles. The fourth-order valence-electron chi connectivity index (χ4n) is 2.86. The summed E-state index contributed by atoms with van der Waals surface area (Å²) >= 11 is 3.61. The van der Waals surface area contributed by atoms with E-state index in [-0.39, 0.29) is 6.10 Å². The number of hydrogen-bond donors (Lipinski definition) is 0. The SMILES string of the molecule is CC1CC(C)CC(OC2COCC2Br)C1. The van der Waals surface area contributed by atoms with Crippen LogP contribution in [0.2, 0.25) is 0 Å². The van der Waals surface area contributed by atoms with Gasteiger partial charge in [-0.05, 0) is 31.1 Å². The first-order chi connectivity index (χ1) is 7.15. The van der Waals surface area contributed by atoms with Gasteiger partial charge in [-0.3, -0.25) is 0 Å². The third-order valence-electron chi connectivity index (χ3n) is 3.47. The monoisotopic (exact) mass is 276 g/mol. The molecule has 1 saturated carbocycles. The highest BCUT2D eigenvalue weighted by Crippen LogP contribution is 2.32. The van der Waals surface area contributed by atoms with E-state index in [1.807, 2.05) is 0 Å². The molecule has 0 N–H and O–H groups in total. The maximum absolute atomic E-state index is 6.13. The lowest BCUT2D eigenvalue weighted by Gasteiger charge is -2.33. The molecule has 1 heterocycles. The Labute approximate surface area is 101 Å². The molecular formula is C12H21BrO2. The normalized spacial score (nSPS) is 47.0. The highest BCUT2D eigenvalue weighted by Gasteiger charge is 2.32. The van der Waals surface area contributed by atoms with Crippen LogP contribution in [-0.4, -0.2) is 30.2 Å². The summed E-state index contributed by atoms with van der Waals surface area (Å²) in [5.41, 5.74) is 0. The number of halogens is 1. The predicted octanol–water partition coefficient (Wildman–Crippen LogP) is 2.99. The Morgan fingerprint density at radius 1 is 1.07 bits per heavy atom. The van der Waals surface area contributed by atoms with Crippen molar-refractivity contribution in [3.63, 3.8) is 0 Å². The van der Waals surface area contributed by atoms with Gasteiger partial charge in [0.2, 0.25) is 0 Å². The van der Waals surface area contributed by atoms with Crippen LogP contribution in [0.5, 0.6) is 0 Å². The highest BCUT2D eigenvalue weighted by molar-refractivity contribution is 9.09. The number of ether oxygens (including phenoxy) is 2. The lowest BCUT2D eigenvalue weighted by molar-refractivity contribution is -0.0482. The van der Waals surface area contributed by atoms with Gasteiger partial charge in [-0.25, -0.2) is 0 Å². The van der Waals surface area contributed by atoms with Crippen molar-refractivity contribution < 1.29 is 9.47 Å². The molecule has 0 bridgehead atoms. The number of alkyl halides is 1. The van der Waals surface area contributed by atoms with Gasteiger partial charge in [-0.1, -0.05) is 29.8 Å². The van der Waals surface area contributed by atoms with E-state index in [0.717, 1.165) is 25.0 Å². The summed E-state index contributed by atoms with van der Waals surface area (Å²) < 4.78 is 11.5. The third kappa shape index (κ3) is 3.18. The lowest BCUT2D eigenvalue weighted by atomic mass is 9.82. The molecule has 2 nitrogen and oxygen atoms in total. The van der Waals surface area contributed by atoms with Crippen molar-refractivity contribution >= 4 is 15.9 Å². The fraction of sp³-hybridized carbons (Fsp3) is 1.00. The van der Waals surface area contributed by atoms with E-state index in [4.69, 9.17) is 9.47 Å². The highest BCUT2D eigenvalue weighted by atomic mass is 79.9. The van der Waals surface area contributed by atoms with Crippen LogP contribution >= 0.6 is 15.9 Å². The minimum absolute atomic E-state index is 0.271. The van der Waals surface area contributed by atoms with E-state index in [1.165, 1.54) is 19.3 Å². The Hall–Kier alpha value is 0.400. The molecule has 1 aliphatic carbocycles. The molecule has 2 fully saturated rings. The molecule has 1 aliphatic heterocycles. The molecule has 0 aromatic rings. The van der Waals surface area contributed by atoms with Crippen molar-refractivity contribution in [3.8, 4) is 0 Å². The zero-order chi connectivity index (χ0) is 10.8. The van der Waals surface area contributed by atoms with Crippen molar-refractivity contribution in [2.24, 2.45) is 11.8 Å². The van der Waals surface area contributed by atoms with Crippen LogP contribution in [0.4, 0.5) is 0 Å². The Morgan fingerprint density at radius 3 is 2.27 bits per heavy atom. The first-order valence-electron chi connectivity index (χ1n) is 6.02. The van der Waals surface area contributed by atoms with Crippen LogP contribution in [0.1, 0.15) is 33.1 Å². The smallest absolute Gasteiger partial charge is 0.0959 e. The lowest BCUT2D eigenvalue weighted by Crippen LogP contribution is -2.33. The molecule has 4 atom stereocenters. The van der Waals surface area contributed by atoms with Crippen LogP contribution in [0, 0.1) is 11.8 Å². The summed E-state index contributed by atoms with van der Waals surface area (Å²) in [5.74, 6) is 1.63. The van der Waals surface area contributed by atoms with E-state index < -0.39 is 0 Å². The first kappa shape index (κ1) is 11.9. The fourth-order valence-corrected chi connectivity index (χ4v) is 3.33. The molecule has 1 saturated heterocycles. The van der Waals surface area contributed by atoms with Gasteiger partial charge in [-0.15, -0.1) is 0 Å². The van der Waals surface area contributed by atoms with E-state index in [2.05, 4.69) is 29.8 Å². The van der Waals surface area contributed by atoms with E-state index >= 15 is 0 Å². The molecule has 0 aromatic carbocycles. The average Bonchev–Trinajstić information content (AvgIpc) is 2.50. The second-order valence-corrected chi connectivity index (χ2v) is 6.44. The van der Waals surface area contributed by atoms with Crippen LogP contribution in [-0.2, 0) is 9.47 Å². The molecule has 0 amide bonds. The van der Waals surface area contributed by atoms with Gasteiger partial charge in [0.05, 0.1) is 30.2 Å². The van der Waals surface area contributed by atoms with Crippen LogP contribution < -0.4 is 0 Å². The van der Waals surface area contributed by atoms with Gasteiger partial charge in [-0.2, -0.15) is 0 Å². The Morgan fingerprint density at radius 2 is 1.73 bits per heavy atom. The van der Waals surface area contributed by atoms with E-state index in [1.54, 1.807) is 0 Å². The van der Waals surface area contributed by atoms with E-state index in [0.29, 0.717) is 10.9 Å². The van der Waals surface area contributed by atoms with Gasteiger partial charge in [0.25, 0.3) is 0 Å². The maximum atomic E-state index is 6.13. The van der Waals surface area contributed by atoms with Gasteiger partial charge in [0.15, 0.2) is 0 Å². The second-order valence-electron chi connectivity index (χ2n) is 5.27. The number of hydrogen-bond acceptors (Lipinski definition) is 2. The zero-order valence-corrected chi connectivity index (χ0v) is 11.2. The number of rotatable bonds is 2. The first-order valence-corrected chi connectivity index (χ1v) is 6.94. The molecule has 2 aliphatic rings. The summed E-state index contributed by atoms with van der Waals surface area (Å²) in [4.78, 5) is 0.394. The molecular weight excluding hydrogens is 256 g/mol. The van der Waals surface area contributed by atoms with Crippen molar-refractivity contribution in [2.45, 2.75) is 50.1 Å².